The maximum atomic E-state index is 6.39. The molecule has 1 aliphatic heterocycles. The highest BCUT2D eigenvalue weighted by Gasteiger charge is 2.23. The molecular formula is C24H25NO2. The lowest BCUT2D eigenvalue weighted by Crippen LogP contribution is -2.27. The summed E-state index contributed by atoms with van der Waals surface area (Å²) in [5.74, 6) is 1.87. The van der Waals surface area contributed by atoms with Gasteiger partial charge in [-0.2, -0.15) is 0 Å². The van der Waals surface area contributed by atoms with Crippen LogP contribution in [0.4, 0.5) is 0 Å². The van der Waals surface area contributed by atoms with E-state index in [2.05, 4.69) is 66.4 Å². The van der Waals surface area contributed by atoms with E-state index < -0.39 is 0 Å². The zero-order valence-electron chi connectivity index (χ0n) is 15.9. The summed E-state index contributed by atoms with van der Waals surface area (Å²) in [5.41, 5.74) is 4.85. The number of para-hydroxylation sites is 1. The predicted molar refractivity (Wildman–Crippen MR) is 109 cm³/mol. The lowest BCUT2D eigenvalue weighted by Gasteiger charge is -2.23. The Bertz CT molecular complexity index is 887. The molecule has 0 saturated carbocycles. The molecule has 3 aromatic rings. The van der Waals surface area contributed by atoms with Crippen molar-refractivity contribution in [2.75, 3.05) is 20.2 Å². The highest BCUT2D eigenvalue weighted by Crippen LogP contribution is 2.32. The van der Waals surface area contributed by atoms with Crippen LogP contribution in [0.2, 0.25) is 0 Å². The summed E-state index contributed by atoms with van der Waals surface area (Å²) >= 11 is 0. The second-order valence-electron chi connectivity index (χ2n) is 6.89. The predicted octanol–water partition coefficient (Wildman–Crippen LogP) is 5.32. The van der Waals surface area contributed by atoms with Gasteiger partial charge in [-0.25, -0.2) is 0 Å². The first-order valence-electron chi connectivity index (χ1n) is 9.48. The molecule has 0 saturated heterocycles. The molecule has 138 valence electrons. The van der Waals surface area contributed by atoms with Crippen molar-refractivity contribution < 1.29 is 9.47 Å². The van der Waals surface area contributed by atoms with E-state index in [4.69, 9.17) is 9.47 Å². The second kappa shape index (κ2) is 7.85. The zero-order chi connectivity index (χ0) is 18.6. The maximum absolute atomic E-state index is 6.39. The minimum absolute atomic E-state index is 0.0403. The third-order valence-corrected chi connectivity index (χ3v) is 5.21. The Kier molecular flexibility index (Phi) is 5.12. The van der Waals surface area contributed by atoms with Gasteiger partial charge in [-0.1, -0.05) is 61.5 Å². The number of hydrogen-bond donors (Lipinski definition) is 0. The molecule has 0 amide bonds. The average molecular weight is 359 g/mol. The van der Waals surface area contributed by atoms with Crippen molar-refractivity contribution in [2.24, 2.45) is 0 Å². The zero-order valence-corrected chi connectivity index (χ0v) is 15.9. The van der Waals surface area contributed by atoms with Gasteiger partial charge in [-0.15, -0.1) is 0 Å². The summed E-state index contributed by atoms with van der Waals surface area (Å²) in [5, 5.41) is 0. The van der Waals surface area contributed by atoms with Crippen LogP contribution in [0.5, 0.6) is 11.5 Å². The molecule has 1 aliphatic rings. The van der Waals surface area contributed by atoms with Crippen molar-refractivity contribution in [1.82, 2.24) is 4.90 Å². The molecule has 1 unspecified atom stereocenters. The number of likely N-dealkylation sites (N-methyl/N-ethyl adjacent to an activating group) is 1. The number of ether oxygens (including phenoxy) is 2. The topological polar surface area (TPSA) is 21.7 Å². The fourth-order valence-corrected chi connectivity index (χ4v) is 3.57. The lowest BCUT2D eigenvalue weighted by atomic mass is 10.0. The first-order chi connectivity index (χ1) is 13.3. The highest BCUT2D eigenvalue weighted by atomic mass is 16.5. The normalized spacial score (nSPS) is 16.9. The standard InChI is InChI=1S/C24H25NO2/c1-3-25-16-21-6-4-5-7-23(21)27-24(17-25)20-10-8-18(9-11-20)19-12-14-22(26-2)15-13-19/h4-15,24H,3,16-17H2,1-2H3. The van der Waals surface area contributed by atoms with Gasteiger partial charge in [0.2, 0.25) is 0 Å². The average Bonchev–Trinajstić information content (AvgIpc) is 2.93. The van der Waals surface area contributed by atoms with Crippen LogP contribution in [0.1, 0.15) is 24.2 Å². The van der Waals surface area contributed by atoms with Crippen LogP contribution in [-0.4, -0.2) is 25.1 Å². The van der Waals surface area contributed by atoms with Crippen LogP contribution in [-0.2, 0) is 6.54 Å². The Morgan fingerprint density at radius 2 is 1.59 bits per heavy atom. The van der Waals surface area contributed by atoms with Gasteiger partial charge in [0.05, 0.1) is 7.11 Å². The number of fused-ring (bicyclic) bond motifs is 1. The van der Waals surface area contributed by atoms with Crippen LogP contribution >= 0.6 is 0 Å². The monoisotopic (exact) mass is 359 g/mol. The molecule has 1 atom stereocenters. The Hall–Kier alpha value is -2.78. The van der Waals surface area contributed by atoms with Crippen molar-refractivity contribution >= 4 is 0 Å². The molecule has 3 nitrogen and oxygen atoms in total. The first kappa shape index (κ1) is 17.6. The smallest absolute Gasteiger partial charge is 0.136 e. The van der Waals surface area contributed by atoms with Crippen LogP contribution in [0.15, 0.2) is 72.8 Å². The van der Waals surface area contributed by atoms with Gasteiger partial charge in [0.25, 0.3) is 0 Å². The minimum atomic E-state index is 0.0403. The summed E-state index contributed by atoms with van der Waals surface area (Å²) in [6.45, 7) is 5.05. The van der Waals surface area contributed by atoms with Gasteiger partial charge in [0, 0.05) is 18.7 Å². The van der Waals surface area contributed by atoms with Gasteiger partial charge < -0.3 is 9.47 Å². The number of nitrogens with zero attached hydrogens (tertiary/aromatic N) is 1. The van der Waals surface area contributed by atoms with Crippen molar-refractivity contribution in [1.29, 1.82) is 0 Å². The lowest BCUT2D eigenvalue weighted by molar-refractivity contribution is 0.152. The van der Waals surface area contributed by atoms with E-state index in [1.807, 2.05) is 18.2 Å². The van der Waals surface area contributed by atoms with Crippen molar-refractivity contribution in [3.05, 3.63) is 83.9 Å². The van der Waals surface area contributed by atoms with E-state index in [0.717, 1.165) is 31.1 Å². The third kappa shape index (κ3) is 3.83. The van der Waals surface area contributed by atoms with Crippen LogP contribution in [0, 0.1) is 0 Å². The molecule has 4 rings (SSSR count). The molecule has 0 radical (unpaired) electrons. The third-order valence-electron chi connectivity index (χ3n) is 5.21. The molecule has 0 fully saturated rings. The molecule has 3 heteroatoms. The number of rotatable bonds is 4. The SMILES string of the molecule is CCN1Cc2ccccc2OC(c2ccc(-c3ccc(OC)cc3)cc2)C1. The van der Waals surface area contributed by atoms with Crippen LogP contribution in [0.25, 0.3) is 11.1 Å². The summed E-state index contributed by atoms with van der Waals surface area (Å²) in [6.07, 6.45) is 0.0403. The summed E-state index contributed by atoms with van der Waals surface area (Å²) in [6, 6.07) is 25.3. The molecule has 3 aromatic carbocycles. The Labute approximate surface area is 161 Å². The highest BCUT2D eigenvalue weighted by molar-refractivity contribution is 5.64. The Balaban J connectivity index is 1.59. The molecule has 27 heavy (non-hydrogen) atoms. The fourth-order valence-electron chi connectivity index (χ4n) is 3.57. The number of benzene rings is 3. The van der Waals surface area contributed by atoms with E-state index >= 15 is 0 Å². The largest absolute Gasteiger partial charge is 0.497 e. The van der Waals surface area contributed by atoms with Gasteiger partial charge in [0.15, 0.2) is 0 Å². The van der Waals surface area contributed by atoms with E-state index in [9.17, 15) is 0 Å². The fraction of sp³-hybridized carbons (Fsp3) is 0.250. The first-order valence-corrected chi connectivity index (χ1v) is 9.48. The van der Waals surface area contributed by atoms with Gasteiger partial charge >= 0.3 is 0 Å². The quantitative estimate of drug-likeness (QED) is 0.629. The summed E-state index contributed by atoms with van der Waals surface area (Å²) < 4.78 is 11.6. The van der Waals surface area contributed by atoms with E-state index in [1.54, 1.807) is 7.11 Å². The maximum Gasteiger partial charge on any atom is 0.136 e. The van der Waals surface area contributed by atoms with E-state index in [1.165, 1.54) is 22.3 Å². The molecular weight excluding hydrogens is 334 g/mol. The van der Waals surface area contributed by atoms with Gasteiger partial charge in [0.1, 0.15) is 17.6 Å². The van der Waals surface area contributed by atoms with Crippen LogP contribution < -0.4 is 9.47 Å². The van der Waals surface area contributed by atoms with E-state index in [0.29, 0.717) is 0 Å². The van der Waals surface area contributed by atoms with Crippen LogP contribution in [0.3, 0.4) is 0 Å². The molecule has 0 bridgehead atoms. The number of methoxy groups -OCH3 is 1. The van der Waals surface area contributed by atoms with Gasteiger partial charge in [-0.05, 0) is 41.4 Å². The molecule has 0 aliphatic carbocycles. The van der Waals surface area contributed by atoms with Crippen molar-refractivity contribution in [3.63, 3.8) is 0 Å². The van der Waals surface area contributed by atoms with Crippen molar-refractivity contribution in [2.45, 2.75) is 19.6 Å². The second-order valence-corrected chi connectivity index (χ2v) is 6.89. The summed E-state index contributed by atoms with van der Waals surface area (Å²) in [4.78, 5) is 2.44. The molecule has 1 heterocycles. The minimum Gasteiger partial charge on any atom is -0.497 e. The molecule has 0 aromatic heterocycles. The molecule has 0 spiro atoms. The summed E-state index contributed by atoms with van der Waals surface area (Å²) in [7, 11) is 1.69. The Morgan fingerprint density at radius 1 is 0.926 bits per heavy atom. The molecule has 0 N–H and O–H groups in total. The van der Waals surface area contributed by atoms with Gasteiger partial charge in [-0.3, -0.25) is 4.90 Å². The van der Waals surface area contributed by atoms with Crippen molar-refractivity contribution in [3.8, 4) is 22.6 Å². The number of hydrogen-bond acceptors (Lipinski definition) is 3. The Morgan fingerprint density at radius 3 is 2.26 bits per heavy atom. The van der Waals surface area contributed by atoms with E-state index in [-0.39, 0.29) is 6.10 Å².